The van der Waals surface area contributed by atoms with Gasteiger partial charge in [0.1, 0.15) is 0 Å². The highest BCUT2D eigenvalue weighted by Gasteiger charge is 2.63. The van der Waals surface area contributed by atoms with E-state index in [2.05, 4.69) is 6.07 Å². The van der Waals surface area contributed by atoms with Crippen LogP contribution in [0.4, 0.5) is 0 Å². The molecule has 0 amide bonds. The van der Waals surface area contributed by atoms with Crippen molar-refractivity contribution in [1.82, 2.24) is 0 Å². The molecule has 1 aromatic carbocycles. The highest BCUT2D eigenvalue weighted by Crippen LogP contribution is 2.57. The minimum absolute atomic E-state index is 0.263. The lowest BCUT2D eigenvalue weighted by molar-refractivity contribution is -0.269. The Bertz CT molecular complexity index is 687. The fourth-order valence-electron chi connectivity index (χ4n) is 4.38. The molecular weight excluding hydrogens is 336 g/mol. The molecular formula is C20H26O6. The van der Waals surface area contributed by atoms with Gasteiger partial charge in [0, 0.05) is 31.4 Å². The number of carbonyl (C=O) groups is 2. The zero-order chi connectivity index (χ0) is 18.8. The third kappa shape index (κ3) is 3.12. The summed E-state index contributed by atoms with van der Waals surface area (Å²) < 4.78 is 22.4. The minimum atomic E-state index is -0.937. The van der Waals surface area contributed by atoms with Crippen LogP contribution in [0.3, 0.4) is 0 Å². The molecule has 3 atom stereocenters. The van der Waals surface area contributed by atoms with Gasteiger partial charge in [-0.05, 0) is 25.3 Å². The van der Waals surface area contributed by atoms with Gasteiger partial charge < -0.3 is 18.9 Å². The number of hydrogen-bond donors (Lipinski definition) is 0. The molecule has 0 spiro atoms. The van der Waals surface area contributed by atoms with E-state index in [1.165, 1.54) is 14.2 Å². The summed E-state index contributed by atoms with van der Waals surface area (Å²) in [7, 11) is 2.77. The fraction of sp³-hybridized carbons (Fsp3) is 0.600. The normalized spacial score (nSPS) is 29.1. The maximum Gasteiger partial charge on any atom is 0.311 e. The molecule has 6 heteroatoms. The smallest absolute Gasteiger partial charge is 0.311 e. The van der Waals surface area contributed by atoms with Crippen LogP contribution in [0, 0.1) is 5.92 Å². The van der Waals surface area contributed by atoms with E-state index in [1.54, 1.807) is 0 Å². The lowest BCUT2D eigenvalue weighted by Crippen LogP contribution is -2.46. The summed E-state index contributed by atoms with van der Waals surface area (Å²) in [6.07, 6.45) is 2.44. The Morgan fingerprint density at radius 2 is 2.00 bits per heavy atom. The minimum Gasteiger partial charge on any atom is -0.469 e. The molecule has 0 aromatic heterocycles. The first kappa shape index (κ1) is 18.9. The number of benzene rings is 1. The Morgan fingerprint density at radius 1 is 1.23 bits per heavy atom. The third-order valence-corrected chi connectivity index (χ3v) is 5.47. The summed E-state index contributed by atoms with van der Waals surface area (Å²) in [6, 6.07) is 8.00. The summed E-state index contributed by atoms with van der Waals surface area (Å²) in [4.78, 5) is 24.1. The highest BCUT2D eigenvalue weighted by molar-refractivity contribution is 5.75. The quantitative estimate of drug-likeness (QED) is 0.695. The summed E-state index contributed by atoms with van der Waals surface area (Å²) >= 11 is 0. The van der Waals surface area contributed by atoms with E-state index in [4.69, 9.17) is 18.9 Å². The van der Waals surface area contributed by atoms with Crippen molar-refractivity contribution in [2.45, 2.75) is 50.4 Å². The number of carbonyl (C=O) groups excluding carboxylic acids is 2. The molecule has 0 saturated carbocycles. The van der Waals surface area contributed by atoms with E-state index in [0.717, 1.165) is 11.1 Å². The third-order valence-electron chi connectivity index (χ3n) is 5.47. The molecule has 1 saturated heterocycles. The summed E-state index contributed by atoms with van der Waals surface area (Å²) in [5.74, 6) is -1.93. The first-order valence-corrected chi connectivity index (χ1v) is 9.07. The van der Waals surface area contributed by atoms with Gasteiger partial charge in [-0.25, -0.2) is 0 Å². The topological polar surface area (TPSA) is 71.1 Å². The van der Waals surface area contributed by atoms with Gasteiger partial charge in [-0.15, -0.1) is 0 Å². The maximum atomic E-state index is 12.6. The largest absolute Gasteiger partial charge is 0.469 e. The molecule has 0 unspecified atom stereocenters. The first-order valence-electron chi connectivity index (χ1n) is 9.07. The Labute approximate surface area is 153 Å². The van der Waals surface area contributed by atoms with E-state index in [-0.39, 0.29) is 11.9 Å². The van der Waals surface area contributed by atoms with Gasteiger partial charge in [0.2, 0.25) is 0 Å². The van der Waals surface area contributed by atoms with Crippen LogP contribution in [0.25, 0.3) is 0 Å². The standard InChI is InChI=1S/C20H26O6/c1-4-25-20-13-16(18(22)24-3)19(26-20,11-7-10-17(21)23-2)12-14-8-5-6-9-15(14)20/h5-6,8-9,16H,4,7,10-13H2,1-3H3/t16-,19-,20-/m0/s1. The van der Waals surface area contributed by atoms with Gasteiger partial charge in [-0.1, -0.05) is 24.3 Å². The van der Waals surface area contributed by atoms with Gasteiger partial charge in [0.05, 0.1) is 25.7 Å². The van der Waals surface area contributed by atoms with Crippen LogP contribution in [0.5, 0.6) is 0 Å². The Kier molecular flexibility index (Phi) is 5.34. The highest BCUT2D eigenvalue weighted by atomic mass is 16.7. The molecule has 1 aromatic rings. The molecule has 0 aliphatic carbocycles. The van der Waals surface area contributed by atoms with Crippen LogP contribution in [0.15, 0.2) is 24.3 Å². The van der Waals surface area contributed by atoms with Gasteiger partial charge in [-0.2, -0.15) is 0 Å². The van der Waals surface area contributed by atoms with Gasteiger partial charge in [-0.3, -0.25) is 9.59 Å². The second-order valence-corrected chi connectivity index (χ2v) is 6.90. The molecule has 0 radical (unpaired) electrons. The second-order valence-electron chi connectivity index (χ2n) is 6.90. The average molecular weight is 362 g/mol. The van der Waals surface area contributed by atoms with E-state index >= 15 is 0 Å². The van der Waals surface area contributed by atoms with E-state index in [0.29, 0.717) is 38.7 Å². The molecule has 1 fully saturated rings. The number of ether oxygens (including phenoxy) is 4. The summed E-state index contributed by atoms with van der Waals surface area (Å²) in [5, 5.41) is 0. The number of esters is 2. The summed E-state index contributed by atoms with van der Waals surface area (Å²) in [5.41, 5.74) is 1.37. The zero-order valence-electron chi connectivity index (χ0n) is 15.6. The van der Waals surface area contributed by atoms with Crippen LogP contribution in [-0.2, 0) is 40.7 Å². The monoisotopic (exact) mass is 362 g/mol. The SMILES string of the molecule is CCO[C@]12C[C@@H](C(=O)OC)[C@](CCCC(=O)OC)(Cc3ccccc31)O2. The molecule has 2 aliphatic rings. The number of methoxy groups -OCH3 is 2. The molecule has 26 heavy (non-hydrogen) atoms. The van der Waals surface area contributed by atoms with Crippen LogP contribution in [0.1, 0.15) is 43.7 Å². The van der Waals surface area contributed by atoms with Gasteiger partial charge >= 0.3 is 11.9 Å². The Hall–Kier alpha value is -1.92. The van der Waals surface area contributed by atoms with Crippen molar-refractivity contribution in [2.75, 3.05) is 20.8 Å². The van der Waals surface area contributed by atoms with Crippen LogP contribution in [-0.4, -0.2) is 38.4 Å². The average Bonchev–Trinajstić information content (AvgIpc) is 2.91. The van der Waals surface area contributed by atoms with E-state index in [9.17, 15) is 9.59 Å². The van der Waals surface area contributed by atoms with Crippen molar-refractivity contribution >= 4 is 11.9 Å². The zero-order valence-corrected chi connectivity index (χ0v) is 15.6. The molecule has 0 N–H and O–H groups in total. The second kappa shape index (κ2) is 7.37. The predicted molar refractivity (Wildman–Crippen MR) is 93.3 cm³/mol. The maximum absolute atomic E-state index is 12.6. The lowest BCUT2D eigenvalue weighted by Gasteiger charge is -2.42. The number of rotatable bonds is 7. The van der Waals surface area contributed by atoms with Crippen molar-refractivity contribution in [3.8, 4) is 0 Å². The Morgan fingerprint density at radius 3 is 2.69 bits per heavy atom. The molecule has 6 nitrogen and oxygen atoms in total. The van der Waals surface area contributed by atoms with Crippen molar-refractivity contribution in [1.29, 1.82) is 0 Å². The molecule has 3 rings (SSSR count). The Balaban J connectivity index is 1.97. The molecule has 2 bridgehead atoms. The van der Waals surface area contributed by atoms with E-state index < -0.39 is 17.3 Å². The molecule has 2 aliphatic heterocycles. The van der Waals surface area contributed by atoms with Crippen LogP contribution >= 0.6 is 0 Å². The number of fused-ring (bicyclic) bond motifs is 4. The predicted octanol–water partition coefficient (Wildman–Crippen LogP) is 2.72. The van der Waals surface area contributed by atoms with Crippen molar-refractivity contribution in [2.24, 2.45) is 5.92 Å². The van der Waals surface area contributed by atoms with Crippen LogP contribution in [0.2, 0.25) is 0 Å². The number of hydrogen-bond acceptors (Lipinski definition) is 6. The van der Waals surface area contributed by atoms with E-state index in [1.807, 2.05) is 25.1 Å². The van der Waals surface area contributed by atoms with Crippen LogP contribution < -0.4 is 0 Å². The van der Waals surface area contributed by atoms with Gasteiger partial charge in [0.25, 0.3) is 0 Å². The first-order chi connectivity index (χ1) is 12.5. The molecule has 2 heterocycles. The van der Waals surface area contributed by atoms with Crippen molar-refractivity contribution in [3.05, 3.63) is 35.4 Å². The summed E-state index contributed by atoms with van der Waals surface area (Å²) in [6.45, 7) is 2.39. The molecule has 142 valence electrons. The van der Waals surface area contributed by atoms with Gasteiger partial charge in [0.15, 0.2) is 5.79 Å². The fourth-order valence-corrected chi connectivity index (χ4v) is 4.38. The van der Waals surface area contributed by atoms with Crippen molar-refractivity contribution in [3.63, 3.8) is 0 Å². The lowest BCUT2D eigenvalue weighted by atomic mass is 9.79. The van der Waals surface area contributed by atoms with Crippen molar-refractivity contribution < 1.29 is 28.5 Å².